The number of para-hydroxylation sites is 2. The molecule has 0 saturated carbocycles. The molecule has 0 amide bonds. The molecule has 0 aliphatic rings. The van der Waals surface area contributed by atoms with Crippen molar-refractivity contribution in [1.29, 1.82) is 0 Å². The van der Waals surface area contributed by atoms with Gasteiger partial charge in [-0.05, 0) is 58.4 Å². The van der Waals surface area contributed by atoms with Crippen molar-refractivity contribution in [1.82, 2.24) is 29.5 Å². The van der Waals surface area contributed by atoms with E-state index in [1.807, 2.05) is 122 Å². The van der Waals surface area contributed by atoms with Crippen molar-refractivity contribution in [3.63, 3.8) is 0 Å². The molecule has 2 unspecified atom stereocenters. The number of benzene rings is 4. The molecular weight excluding hydrogens is 945 g/mol. The Kier molecular flexibility index (Phi) is 20.3. The Morgan fingerprint density at radius 1 is 0.574 bits per heavy atom. The van der Waals surface area contributed by atoms with Crippen LogP contribution < -0.4 is 0 Å². The summed E-state index contributed by atoms with van der Waals surface area (Å²) >= 11 is 0. The molecule has 8 nitrogen and oxygen atoms in total. The molecule has 2 atom stereocenters. The van der Waals surface area contributed by atoms with Crippen LogP contribution in [0.3, 0.4) is 0 Å². The van der Waals surface area contributed by atoms with Crippen LogP contribution in [0.2, 0.25) is 0 Å². The number of aliphatic hydroxyl groups excluding tert-OH is 2. The summed E-state index contributed by atoms with van der Waals surface area (Å²) in [6.45, 7) is 7.23. The first kappa shape index (κ1) is 43.4. The molecule has 6 rings (SSSR count). The van der Waals surface area contributed by atoms with Gasteiger partial charge in [-0.15, -0.1) is 51.2 Å². The Morgan fingerprint density at radius 2 is 0.979 bits per heavy atom. The molecule has 2 radical (unpaired) electrons. The summed E-state index contributed by atoms with van der Waals surface area (Å²) < 4.78 is 4.10. The number of nitrogens with zero attached hydrogens (tertiary/aromatic N) is 6. The maximum Gasteiger partial charge on any atom is 0.168 e. The Labute approximate surface area is 306 Å². The molecule has 0 fully saturated rings. The van der Waals surface area contributed by atoms with Crippen molar-refractivity contribution in [3.8, 4) is 34.2 Å². The fourth-order valence-corrected chi connectivity index (χ4v) is 4.47. The maximum absolute atomic E-state index is 8.56. The standard InChI is InChI=1S/C15H13N3.C15H12N3.C5H12O2.2CH4.2Ir/c2*1-12-16-17-15(13-8-4-2-5-9-13)18(12)14-10-6-3-7-11-14;1-4(6)3-5(2)7;;;;/h2-11H,1H3;2-8,10-11H,1H3;4-7H,3H2,1-2H3;2*1H4;;/q;-1;;;;;. The molecule has 0 spiro atoms. The van der Waals surface area contributed by atoms with Crippen molar-refractivity contribution >= 4 is 0 Å². The fraction of sp³-hybridized carbons (Fsp3) is 0.243. The smallest absolute Gasteiger partial charge is 0.168 e. The largest absolute Gasteiger partial charge is 0.393 e. The maximum atomic E-state index is 8.56. The summed E-state index contributed by atoms with van der Waals surface area (Å²) in [6.07, 6.45) is -0.278. The number of hydrogen-bond acceptors (Lipinski definition) is 6. The summed E-state index contributed by atoms with van der Waals surface area (Å²) in [5.41, 5.74) is 4.16. The Hall–Kier alpha value is -3.62. The number of aryl methyl sites for hydroxylation is 2. The Bertz CT molecular complexity index is 1540. The zero-order valence-electron chi connectivity index (χ0n) is 25.6. The first-order valence-corrected chi connectivity index (χ1v) is 14.2. The Balaban J connectivity index is 0.000000703. The third kappa shape index (κ3) is 12.5. The molecule has 254 valence electrons. The van der Waals surface area contributed by atoms with Crippen LogP contribution in [-0.4, -0.2) is 51.9 Å². The predicted octanol–water partition coefficient (Wildman–Crippen LogP) is 7.69. The summed E-state index contributed by atoms with van der Waals surface area (Å²) in [5.74, 6) is 3.45. The number of rotatable bonds is 6. The molecule has 0 aliphatic heterocycles. The van der Waals surface area contributed by atoms with Gasteiger partial charge < -0.3 is 14.8 Å². The van der Waals surface area contributed by atoms with Crippen LogP contribution in [0.15, 0.2) is 115 Å². The van der Waals surface area contributed by atoms with Gasteiger partial charge in [0.2, 0.25) is 0 Å². The second-order valence-electron chi connectivity index (χ2n) is 10.1. The quantitative estimate of drug-likeness (QED) is 0.166. The fourth-order valence-electron chi connectivity index (χ4n) is 4.47. The number of hydrogen-bond donors (Lipinski definition) is 2. The first-order valence-electron chi connectivity index (χ1n) is 14.2. The minimum Gasteiger partial charge on any atom is -0.393 e. The molecule has 2 N–H and O–H groups in total. The molecule has 0 bridgehead atoms. The molecule has 0 aliphatic carbocycles. The average Bonchev–Trinajstić information content (AvgIpc) is 3.61. The summed E-state index contributed by atoms with van der Waals surface area (Å²) in [7, 11) is 0. The molecule has 2 heterocycles. The van der Waals surface area contributed by atoms with Gasteiger partial charge in [0.15, 0.2) is 5.82 Å². The molecule has 47 heavy (non-hydrogen) atoms. The van der Waals surface area contributed by atoms with E-state index in [4.69, 9.17) is 10.2 Å². The summed E-state index contributed by atoms with van der Waals surface area (Å²) in [6, 6.07) is 41.3. The van der Waals surface area contributed by atoms with Crippen molar-refractivity contribution in [2.75, 3.05) is 0 Å². The summed E-state index contributed by atoms with van der Waals surface area (Å²) in [5, 5.41) is 34.0. The van der Waals surface area contributed by atoms with E-state index < -0.39 is 0 Å². The zero-order valence-corrected chi connectivity index (χ0v) is 30.4. The third-order valence-electron chi connectivity index (χ3n) is 6.34. The van der Waals surface area contributed by atoms with Crippen molar-refractivity contribution in [2.24, 2.45) is 0 Å². The van der Waals surface area contributed by atoms with Crippen LogP contribution in [0.4, 0.5) is 0 Å². The predicted molar refractivity (Wildman–Crippen MR) is 183 cm³/mol. The molecule has 0 saturated heterocycles. The molecule has 6 aromatic rings. The van der Waals surface area contributed by atoms with E-state index in [1.165, 1.54) is 0 Å². The van der Waals surface area contributed by atoms with Crippen LogP contribution in [-0.2, 0) is 40.2 Å². The number of aromatic nitrogens is 6. The second kappa shape index (κ2) is 22.0. The van der Waals surface area contributed by atoms with Gasteiger partial charge in [-0.3, -0.25) is 4.57 Å². The SMILES string of the molecule is C.C.CC(O)CC(C)O.Cc1nnc(-c2[c-]cccc2)n1-c1ccccc1.Cc1nnc(-c2ccccc2)n1-c1ccccc1.[Ir].[Ir]. The average molecular weight is 990 g/mol. The van der Waals surface area contributed by atoms with Crippen molar-refractivity contribution < 1.29 is 50.4 Å². The molecule has 2 aromatic heterocycles. The number of aliphatic hydroxyl groups is 2. The molecule has 4 aromatic carbocycles. The van der Waals surface area contributed by atoms with Gasteiger partial charge in [-0.1, -0.05) is 81.6 Å². The Morgan fingerprint density at radius 3 is 1.38 bits per heavy atom. The van der Waals surface area contributed by atoms with Gasteiger partial charge in [0.1, 0.15) is 11.6 Å². The first-order chi connectivity index (χ1) is 20.8. The van der Waals surface area contributed by atoms with Crippen molar-refractivity contribution in [2.45, 2.75) is 61.2 Å². The van der Waals surface area contributed by atoms with E-state index in [1.54, 1.807) is 13.8 Å². The zero-order chi connectivity index (χ0) is 30.6. The van der Waals surface area contributed by atoms with Crippen LogP contribution in [0.5, 0.6) is 0 Å². The van der Waals surface area contributed by atoms with Crippen LogP contribution >= 0.6 is 0 Å². The van der Waals surface area contributed by atoms with Gasteiger partial charge in [-0.2, -0.15) is 5.10 Å². The third-order valence-corrected chi connectivity index (χ3v) is 6.34. The topological polar surface area (TPSA) is 102 Å². The van der Waals surface area contributed by atoms with Crippen molar-refractivity contribution in [3.05, 3.63) is 133 Å². The monoisotopic (exact) mass is 991 g/mol. The van der Waals surface area contributed by atoms with E-state index in [-0.39, 0.29) is 67.3 Å². The van der Waals surface area contributed by atoms with Gasteiger partial charge in [-0.25, -0.2) is 0 Å². The van der Waals surface area contributed by atoms with Gasteiger partial charge in [0.25, 0.3) is 0 Å². The second-order valence-corrected chi connectivity index (χ2v) is 10.1. The van der Waals surface area contributed by atoms with E-state index >= 15 is 0 Å². The molecular formula is C37H45Ir2N6O2-. The van der Waals surface area contributed by atoms with Crippen LogP contribution in [0.1, 0.15) is 46.8 Å². The summed E-state index contributed by atoms with van der Waals surface area (Å²) in [4.78, 5) is 0. The van der Waals surface area contributed by atoms with Crippen LogP contribution in [0.25, 0.3) is 34.2 Å². The van der Waals surface area contributed by atoms with E-state index in [2.05, 4.69) is 43.2 Å². The normalized spacial score (nSPS) is 10.9. The minimum atomic E-state index is -0.375. The van der Waals surface area contributed by atoms with Gasteiger partial charge in [0, 0.05) is 57.1 Å². The minimum absolute atomic E-state index is 0. The van der Waals surface area contributed by atoms with Crippen LogP contribution in [0, 0.1) is 19.9 Å². The van der Waals surface area contributed by atoms with Gasteiger partial charge >= 0.3 is 0 Å². The van der Waals surface area contributed by atoms with Gasteiger partial charge in [0.05, 0.1) is 18.0 Å². The van der Waals surface area contributed by atoms with E-state index in [0.29, 0.717) is 6.42 Å². The van der Waals surface area contributed by atoms with E-state index in [0.717, 1.165) is 45.8 Å². The van der Waals surface area contributed by atoms with E-state index in [9.17, 15) is 0 Å². The molecule has 10 heteroatoms.